The van der Waals surface area contributed by atoms with Gasteiger partial charge in [-0.3, -0.25) is 4.79 Å². The molecular formula is C37H51N3O10. The van der Waals surface area contributed by atoms with Crippen molar-refractivity contribution in [3.8, 4) is 0 Å². The molecule has 5 aliphatic rings. The number of rotatable bonds is 8. The van der Waals surface area contributed by atoms with Crippen LogP contribution in [0.15, 0.2) is 71.0 Å². The maximum atomic E-state index is 12.4. The number of hydrogen-bond acceptors (Lipinski definition) is 13. The van der Waals surface area contributed by atoms with Gasteiger partial charge >= 0.3 is 5.97 Å². The first kappa shape index (κ1) is 37.8. The lowest BCUT2D eigenvalue weighted by Gasteiger charge is -2.42. The zero-order chi connectivity index (χ0) is 36.6. The predicted molar refractivity (Wildman–Crippen MR) is 184 cm³/mol. The van der Waals surface area contributed by atoms with Crippen LogP contribution in [0.5, 0.6) is 0 Å². The Bertz CT molecular complexity index is 1530. The van der Waals surface area contributed by atoms with Crippen molar-refractivity contribution in [2.75, 3.05) is 0 Å². The molecule has 13 nitrogen and oxygen atoms in total. The number of oxime groups is 1. The van der Waals surface area contributed by atoms with Crippen LogP contribution in [-0.4, -0.2) is 103 Å². The van der Waals surface area contributed by atoms with E-state index < -0.39 is 71.4 Å². The number of aliphatic hydroxyl groups excluding tert-OH is 3. The molecule has 4 heterocycles. The molecule has 0 bridgehead atoms. The summed E-state index contributed by atoms with van der Waals surface area (Å²) >= 11 is 0. The lowest BCUT2D eigenvalue weighted by atomic mass is 9.70. The second-order valence-electron chi connectivity index (χ2n) is 15.7. The van der Waals surface area contributed by atoms with Crippen molar-refractivity contribution in [1.82, 2.24) is 0 Å². The fourth-order valence-electron chi connectivity index (χ4n) is 7.78. The van der Waals surface area contributed by atoms with Crippen LogP contribution in [-0.2, 0) is 28.5 Å². The molecule has 3 saturated heterocycles. The minimum atomic E-state index is -1.26. The summed E-state index contributed by atoms with van der Waals surface area (Å²) in [6.07, 6.45) is 9.40. The van der Waals surface area contributed by atoms with Crippen LogP contribution in [0.1, 0.15) is 73.1 Å². The van der Waals surface area contributed by atoms with E-state index in [2.05, 4.69) is 16.8 Å². The van der Waals surface area contributed by atoms with E-state index in [1.54, 1.807) is 50.3 Å². The fraction of sp³-hybridized carbons (Fsp3) is 0.622. The molecule has 0 radical (unpaired) electrons. The molecule has 13 heteroatoms. The molecule has 4 aliphatic heterocycles. The van der Waals surface area contributed by atoms with Gasteiger partial charge in [0.15, 0.2) is 11.9 Å². The number of esters is 1. The van der Waals surface area contributed by atoms with Gasteiger partial charge in [-0.25, -0.2) is 4.79 Å². The topological polar surface area (TPSA) is 203 Å². The Morgan fingerprint density at radius 3 is 2.12 bits per heavy atom. The van der Waals surface area contributed by atoms with Crippen molar-refractivity contribution >= 4 is 23.2 Å². The molecular weight excluding hydrogens is 646 g/mol. The van der Waals surface area contributed by atoms with Crippen molar-refractivity contribution < 1.29 is 49.1 Å². The monoisotopic (exact) mass is 697 g/mol. The lowest BCUT2D eigenvalue weighted by Crippen LogP contribution is -2.51. The van der Waals surface area contributed by atoms with Crippen LogP contribution in [0.4, 0.5) is 0 Å². The summed E-state index contributed by atoms with van der Waals surface area (Å²) in [6, 6.07) is 0. The Balaban J connectivity index is 1.30. The van der Waals surface area contributed by atoms with Crippen molar-refractivity contribution in [1.29, 1.82) is 0 Å². The molecule has 0 spiro atoms. The zero-order valence-corrected chi connectivity index (χ0v) is 29.4. The van der Waals surface area contributed by atoms with Gasteiger partial charge in [-0.2, -0.15) is 5.10 Å². The maximum Gasteiger partial charge on any atom is 0.331 e. The first-order chi connectivity index (χ1) is 23.4. The average Bonchev–Trinajstić information content (AvgIpc) is 3.42. The average molecular weight is 698 g/mol. The van der Waals surface area contributed by atoms with Crippen molar-refractivity contribution in [2.24, 2.45) is 27.4 Å². The molecule has 0 aromatic rings. The molecule has 0 amide bonds. The van der Waals surface area contributed by atoms with E-state index >= 15 is 0 Å². The summed E-state index contributed by atoms with van der Waals surface area (Å²) in [6.45, 7) is 13.3. The van der Waals surface area contributed by atoms with E-state index in [0.29, 0.717) is 31.4 Å². The van der Waals surface area contributed by atoms with Gasteiger partial charge in [-0.15, -0.1) is 6.58 Å². The van der Waals surface area contributed by atoms with Crippen LogP contribution >= 0.6 is 0 Å². The van der Waals surface area contributed by atoms with Gasteiger partial charge in [0.2, 0.25) is 0 Å². The Labute approximate surface area is 292 Å². The van der Waals surface area contributed by atoms with Gasteiger partial charge in [0.25, 0.3) is 0 Å². The minimum absolute atomic E-state index is 0.0833. The van der Waals surface area contributed by atoms with Gasteiger partial charge in [0, 0.05) is 37.7 Å². The maximum absolute atomic E-state index is 12.4. The Kier molecular flexibility index (Phi) is 10.8. The van der Waals surface area contributed by atoms with Crippen molar-refractivity contribution in [3.05, 3.63) is 60.8 Å². The van der Waals surface area contributed by atoms with E-state index in [-0.39, 0.29) is 29.8 Å². The Hall–Kier alpha value is -3.46. The number of hydrazone groups is 1. The number of carbonyl (C=O) groups is 2. The molecule has 50 heavy (non-hydrogen) atoms. The molecule has 0 aromatic carbocycles. The Morgan fingerprint density at radius 2 is 1.48 bits per heavy atom. The van der Waals surface area contributed by atoms with E-state index in [9.17, 15) is 30.1 Å². The molecule has 4 unspecified atom stereocenters. The van der Waals surface area contributed by atoms with Crippen molar-refractivity contribution in [2.45, 2.75) is 133 Å². The first-order valence-electron chi connectivity index (χ1n) is 17.1. The van der Waals surface area contributed by atoms with E-state index in [1.165, 1.54) is 6.08 Å². The summed E-state index contributed by atoms with van der Waals surface area (Å²) in [5, 5.41) is 49.6. The highest BCUT2D eigenvalue weighted by Gasteiger charge is 2.46. The van der Waals surface area contributed by atoms with Gasteiger partial charge in [-0.05, 0) is 44.6 Å². The predicted octanol–water partition coefficient (Wildman–Crippen LogP) is 2.96. The molecule has 11 atom stereocenters. The van der Waals surface area contributed by atoms with E-state index in [0.717, 1.165) is 5.57 Å². The second kappa shape index (κ2) is 14.3. The molecule has 0 aromatic heterocycles. The van der Waals surface area contributed by atoms with E-state index in [1.807, 2.05) is 26.8 Å². The fourth-order valence-corrected chi connectivity index (χ4v) is 7.78. The van der Waals surface area contributed by atoms with Crippen LogP contribution in [0, 0.1) is 11.3 Å². The standard InChI is InChI=1S/C37H51N3O10/c1-7-26-33-22(15-29(42)47-33)17-35(4,48-26)12-8-9-27-31(44)23(39-38)18-37(6,49-27)14-11-28-32(45)24(40-46)19-36(5,50-28)13-10-21-16-34(2,3)20-25(41)30(21)43/h7-11,13-15,21,26-28,30-33,43-46H,1,12,16-20,38H2,2-6H3/b9-8+,13-10+,14-11+,39-23-,40-24+/t21?,26?,27?,28?,30-,31+,32+,33+,35-,36-,37-/m1/s1. The normalized spacial score (nSPS) is 43.9. The van der Waals surface area contributed by atoms with Crippen LogP contribution < -0.4 is 5.84 Å². The molecule has 1 saturated carbocycles. The molecule has 1 aliphatic carbocycles. The highest BCUT2D eigenvalue weighted by atomic mass is 16.6. The van der Waals surface area contributed by atoms with Gasteiger partial charge in [-0.1, -0.05) is 61.5 Å². The number of carbonyl (C=O) groups excluding carboxylic acids is 2. The molecule has 4 fully saturated rings. The SMILES string of the molecule is C=CC1O[C@](C)(C/C=C/C2O[C@](C)(/C=C/C3O[C@](C)(/C=C/C4CC(C)(C)CC(=O)[C@@H]4O)C/C(=N\O)[C@@H]3O)C/C(=N/N)[C@@H]2O)CC2=CC(=O)O[C@@H]21. The Morgan fingerprint density at radius 1 is 0.860 bits per heavy atom. The van der Waals surface area contributed by atoms with Crippen molar-refractivity contribution in [3.63, 3.8) is 0 Å². The number of fused-ring (bicyclic) bond motifs is 1. The molecule has 6 N–H and O–H groups in total. The third kappa shape index (κ3) is 8.19. The number of ether oxygens (including phenoxy) is 4. The third-order valence-electron chi connectivity index (χ3n) is 10.3. The smallest absolute Gasteiger partial charge is 0.331 e. The number of nitrogens with two attached hydrogens (primary N) is 1. The van der Waals surface area contributed by atoms with Crippen LogP contribution in [0.3, 0.4) is 0 Å². The summed E-state index contributed by atoms with van der Waals surface area (Å²) < 4.78 is 24.4. The highest BCUT2D eigenvalue weighted by Crippen LogP contribution is 2.41. The number of ketones is 1. The minimum Gasteiger partial charge on any atom is -0.452 e. The highest BCUT2D eigenvalue weighted by molar-refractivity contribution is 5.92. The second-order valence-corrected chi connectivity index (χ2v) is 15.7. The van der Waals surface area contributed by atoms with Crippen LogP contribution in [0.25, 0.3) is 0 Å². The first-order valence-corrected chi connectivity index (χ1v) is 17.1. The summed E-state index contributed by atoms with van der Waals surface area (Å²) in [5.41, 5.74) is -1.71. The largest absolute Gasteiger partial charge is 0.452 e. The summed E-state index contributed by atoms with van der Waals surface area (Å²) in [5.74, 6) is 4.68. The van der Waals surface area contributed by atoms with Gasteiger partial charge < -0.3 is 45.3 Å². The zero-order valence-electron chi connectivity index (χ0n) is 29.4. The molecule has 5 rings (SSSR count). The molecule has 274 valence electrons. The third-order valence-corrected chi connectivity index (χ3v) is 10.3. The van der Waals surface area contributed by atoms with E-state index in [4.69, 9.17) is 24.8 Å². The number of hydrogen-bond donors (Lipinski definition) is 5. The summed E-state index contributed by atoms with van der Waals surface area (Å²) in [4.78, 5) is 24.3. The van der Waals surface area contributed by atoms with Crippen LogP contribution in [0.2, 0.25) is 0 Å². The number of aliphatic hydroxyl groups is 3. The quantitative estimate of drug-likeness (QED) is 0.0821. The summed E-state index contributed by atoms with van der Waals surface area (Å²) in [7, 11) is 0. The van der Waals surface area contributed by atoms with Gasteiger partial charge in [0.05, 0.1) is 28.2 Å². The lowest BCUT2D eigenvalue weighted by molar-refractivity contribution is -0.157. The number of nitrogens with zero attached hydrogens (tertiary/aromatic N) is 2. The van der Waals surface area contributed by atoms with Gasteiger partial charge in [0.1, 0.15) is 36.6 Å². The number of Topliss-reactive ketones (excluding diaryl/α,β-unsaturated/α-hetero) is 1.